The lowest BCUT2D eigenvalue weighted by atomic mass is 10.2. The first kappa shape index (κ1) is 18.7. The summed E-state index contributed by atoms with van der Waals surface area (Å²) in [4.78, 5) is 10.8. The number of piperidine rings is 1. The van der Waals surface area contributed by atoms with Gasteiger partial charge in [-0.2, -0.15) is 4.31 Å². The van der Waals surface area contributed by atoms with E-state index in [4.69, 9.17) is 0 Å². The summed E-state index contributed by atoms with van der Waals surface area (Å²) < 4.78 is 26.7. The smallest absolute Gasteiger partial charge is 0.293 e. The second kappa shape index (κ2) is 8.43. The number of hydrogen-bond acceptors (Lipinski definition) is 5. The molecule has 24 heavy (non-hydrogen) atoms. The maximum atomic E-state index is 12.7. The molecule has 1 saturated heterocycles. The van der Waals surface area contributed by atoms with Gasteiger partial charge in [0.15, 0.2) is 0 Å². The maximum Gasteiger partial charge on any atom is 0.293 e. The van der Waals surface area contributed by atoms with E-state index in [9.17, 15) is 18.5 Å². The van der Waals surface area contributed by atoms with Gasteiger partial charge >= 0.3 is 0 Å². The Morgan fingerprint density at radius 1 is 1.21 bits per heavy atom. The maximum absolute atomic E-state index is 12.7. The van der Waals surface area contributed by atoms with E-state index in [1.807, 2.05) is 0 Å². The molecule has 1 aliphatic heterocycles. The molecule has 134 valence electrons. The second-order valence-electron chi connectivity index (χ2n) is 6.03. The first-order chi connectivity index (χ1) is 11.5. The summed E-state index contributed by atoms with van der Waals surface area (Å²) in [5.74, 6) is 0. The Labute approximate surface area is 143 Å². The monoisotopic (exact) mass is 355 g/mol. The zero-order valence-corrected chi connectivity index (χ0v) is 14.8. The van der Waals surface area contributed by atoms with E-state index in [0.717, 1.165) is 38.5 Å². The third kappa shape index (κ3) is 4.45. The number of anilines is 1. The number of sulfonamides is 1. The van der Waals surface area contributed by atoms with Crippen LogP contribution in [-0.2, 0) is 10.0 Å². The van der Waals surface area contributed by atoms with Crippen molar-refractivity contribution in [1.29, 1.82) is 0 Å². The fourth-order valence-electron chi connectivity index (χ4n) is 2.82. The van der Waals surface area contributed by atoms with Crippen molar-refractivity contribution in [3.8, 4) is 0 Å². The molecule has 0 aliphatic carbocycles. The van der Waals surface area contributed by atoms with Gasteiger partial charge in [0.05, 0.1) is 9.82 Å². The fraction of sp³-hybridized carbons (Fsp3) is 0.625. The Bertz CT molecular complexity index is 670. The minimum absolute atomic E-state index is 0.00444. The van der Waals surface area contributed by atoms with Crippen LogP contribution in [0.5, 0.6) is 0 Å². The Morgan fingerprint density at radius 2 is 1.92 bits per heavy atom. The zero-order chi connectivity index (χ0) is 17.6. The first-order valence-corrected chi connectivity index (χ1v) is 9.93. The number of rotatable bonds is 8. The van der Waals surface area contributed by atoms with Gasteiger partial charge in [0.2, 0.25) is 10.0 Å². The molecule has 2 rings (SSSR count). The van der Waals surface area contributed by atoms with Crippen molar-refractivity contribution in [2.75, 3.05) is 25.0 Å². The topological polar surface area (TPSA) is 92.6 Å². The highest BCUT2D eigenvalue weighted by Crippen LogP contribution is 2.30. The van der Waals surface area contributed by atoms with Gasteiger partial charge in [0.25, 0.3) is 5.69 Å². The van der Waals surface area contributed by atoms with Crippen LogP contribution in [-0.4, -0.2) is 37.3 Å². The Balaban J connectivity index is 2.22. The van der Waals surface area contributed by atoms with E-state index >= 15 is 0 Å². The Morgan fingerprint density at radius 3 is 2.54 bits per heavy atom. The molecule has 0 bridgehead atoms. The van der Waals surface area contributed by atoms with Crippen molar-refractivity contribution in [3.63, 3.8) is 0 Å². The first-order valence-electron chi connectivity index (χ1n) is 8.49. The van der Waals surface area contributed by atoms with Crippen LogP contribution in [0.25, 0.3) is 0 Å². The van der Waals surface area contributed by atoms with Gasteiger partial charge in [-0.1, -0.05) is 26.2 Å². The van der Waals surface area contributed by atoms with Gasteiger partial charge < -0.3 is 5.32 Å². The van der Waals surface area contributed by atoms with Crippen LogP contribution >= 0.6 is 0 Å². The van der Waals surface area contributed by atoms with E-state index in [1.165, 1.54) is 22.5 Å². The second-order valence-corrected chi connectivity index (χ2v) is 7.97. The molecule has 7 nitrogen and oxygen atoms in total. The summed E-state index contributed by atoms with van der Waals surface area (Å²) in [5, 5.41) is 14.4. The molecule has 1 aromatic rings. The van der Waals surface area contributed by atoms with Gasteiger partial charge in [0, 0.05) is 25.7 Å². The molecular weight excluding hydrogens is 330 g/mol. The van der Waals surface area contributed by atoms with Crippen LogP contribution in [0.2, 0.25) is 0 Å². The summed E-state index contributed by atoms with van der Waals surface area (Å²) in [6.45, 7) is 3.68. The molecule has 0 radical (unpaired) electrons. The summed E-state index contributed by atoms with van der Waals surface area (Å²) in [6.07, 6.45) is 5.71. The zero-order valence-electron chi connectivity index (χ0n) is 14.0. The molecule has 1 fully saturated rings. The third-order valence-electron chi connectivity index (χ3n) is 4.21. The largest absolute Gasteiger partial charge is 0.379 e. The van der Waals surface area contributed by atoms with Crippen LogP contribution in [0.3, 0.4) is 0 Å². The summed E-state index contributed by atoms with van der Waals surface area (Å²) in [6, 6.07) is 4.13. The van der Waals surface area contributed by atoms with Crippen LogP contribution in [0.4, 0.5) is 11.4 Å². The van der Waals surface area contributed by atoms with Crippen molar-refractivity contribution in [2.24, 2.45) is 0 Å². The standard InChI is InChI=1S/C16H25N3O4S/c1-2-3-5-10-17-15-9-8-14(13-16(15)19(20)21)24(22,23)18-11-6-4-7-12-18/h8-9,13,17H,2-7,10-12H2,1H3. The number of nitro benzene ring substituents is 1. The number of hydrogen-bond donors (Lipinski definition) is 1. The lowest BCUT2D eigenvalue weighted by Crippen LogP contribution is -2.35. The SMILES string of the molecule is CCCCCNc1ccc(S(=O)(=O)N2CCCCC2)cc1[N+](=O)[O-]. The summed E-state index contributed by atoms with van der Waals surface area (Å²) in [5.41, 5.74) is 0.179. The molecule has 0 aromatic heterocycles. The molecule has 0 saturated carbocycles. The molecule has 1 aromatic carbocycles. The molecule has 8 heteroatoms. The van der Waals surface area contributed by atoms with Gasteiger partial charge in [-0.3, -0.25) is 10.1 Å². The minimum Gasteiger partial charge on any atom is -0.379 e. The van der Waals surface area contributed by atoms with Crippen molar-refractivity contribution in [1.82, 2.24) is 4.31 Å². The van der Waals surface area contributed by atoms with E-state index in [1.54, 1.807) is 0 Å². The fourth-order valence-corrected chi connectivity index (χ4v) is 4.36. The number of unbranched alkanes of at least 4 members (excludes halogenated alkanes) is 2. The minimum atomic E-state index is -3.66. The highest BCUT2D eigenvalue weighted by atomic mass is 32.2. The molecule has 0 unspecified atom stereocenters. The predicted octanol–water partition coefficient (Wildman–Crippen LogP) is 3.37. The van der Waals surface area contributed by atoms with Gasteiger partial charge in [-0.05, 0) is 31.4 Å². The molecule has 1 aliphatic rings. The number of nitro groups is 1. The van der Waals surface area contributed by atoms with Crippen molar-refractivity contribution in [3.05, 3.63) is 28.3 Å². The average molecular weight is 355 g/mol. The molecule has 0 amide bonds. The number of nitrogens with zero attached hydrogens (tertiary/aromatic N) is 2. The summed E-state index contributed by atoms with van der Waals surface area (Å²) >= 11 is 0. The van der Waals surface area contributed by atoms with Crippen LogP contribution < -0.4 is 5.32 Å². The van der Waals surface area contributed by atoms with Gasteiger partial charge in [-0.25, -0.2) is 8.42 Å². The molecule has 0 spiro atoms. The molecule has 1 N–H and O–H groups in total. The quantitative estimate of drug-likeness (QED) is 0.438. The number of nitrogens with one attached hydrogen (secondary N) is 1. The van der Waals surface area contributed by atoms with Gasteiger partial charge in [-0.15, -0.1) is 0 Å². The highest BCUT2D eigenvalue weighted by molar-refractivity contribution is 7.89. The molecule has 1 heterocycles. The van der Waals surface area contributed by atoms with E-state index in [-0.39, 0.29) is 10.6 Å². The molecular formula is C16H25N3O4S. The van der Waals surface area contributed by atoms with Crippen LogP contribution in [0, 0.1) is 10.1 Å². The van der Waals surface area contributed by atoms with E-state index in [2.05, 4.69) is 12.2 Å². The van der Waals surface area contributed by atoms with Gasteiger partial charge in [0.1, 0.15) is 5.69 Å². The third-order valence-corrected chi connectivity index (χ3v) is 6.11. The Hall–Kier alpha value is -1.67. The number of benzene rings is 1. The van der Waals surface area contributed by atoms with Crippen molar-refractivity contribution in [2.45, 2.75) is 50.3 Å². The summed E-state index contributed by atoms with van der Waals surface area (Å²) in [7, 11) is -3.66. The average Bonchev–Trinajstić information content (AvgIpc) is 2.59. The van der Waals surface area contributed by atoms with Crippen LogP contribution in [0.15, 0.2) is 23.1 Å². The van der Waals surface area contributed by atoms with Crippen molar-refractivity contribution >= 4 is 21.4 Å². The molecule has 0 atom stereocenters. The van der Waals surface area contributed by atoms with Crippen molar-refractivity contribution < 1.29 is 13.3 Å². The Kier molecular flexibility index (Phi) is 6.56. The lowest BCUT2D eigenvalue weighted by molar-refractivity contribution is -0.384. The van der Waals surface area contributed by atoms with Crippen LogP contribution in [0.1, 0.15) is 45.4 Å². The predicted molar refractivity (Wildman–Crippen MR) is 93.7 cm³/mol. The normalized spacial score (nSPS) is 16.0. The van der Waals surface area contributed by atoms with E-state index < -0.39 is 14.9 Å². The van der Waals surface area contributed by atoms with E-state index in [0.29, 0.717) is 25.3 Å². The highest BCUT2D eigenvalue weighted by Gasteiger charge is 2.28. The lowest BCUT2D eigenvalue weighted by Gasteiger charge is -2.25.